The molecule has 0 bridgehead atoms. The number of carbonyl (C=O) groups is 1. The molecule has 1 aliphatic rings. The van der Waals surface area contributed by atoms with Crippen LogP contribution in [0.3, 0.4) is 0 Å². The molecule has 6 heteroatoms. The van der Waals surface area contributed by atoms with E-state index in [4.69, 9.17) is 4.74 Å². The van der Waals surface area contributed by atoms with Gasteiger partial charge < -0.3 is 25.0 Å². The minimum Gasteiger partial charge on any atom is -0.388 e. The molecular weight excluding hydrogens is 538 g/mol. The van der Waals surface area contributed by atoms with Crippen molar-refractivity contribution in [1.29, 1.82) is 0 Å². The molecule has 0 aromatic carbocycles. The summed E-state index contributed by atoms with van der Waals surface area (Å²) in [5, 5.41) is 30.7. The number of carbonyl (C=O) groups excluding carboxylic acids is 1. The molecule has 256 valence electrons. The number of unbranched alkanes of at least 4 members (excludes halogenated alkanes) is 25. The Morgan fingerprint density at radius 3 is 1.28 bits per heavy atom. The van der Waals surface area contributed by atoms with E-state index in [-0.39, 0.29) is 12.5 Å². The maximum absolute atomic E-state index is 13.2. The van der Waals surface area contributed by atoms with Crippen molar-refractivity contribution in [2.45, 2.75) is 218 Å². The van der Waals surface area contributed by atoms with E-state index in [0.29, 0.717) is 13.0 Å². The monoisotopic (exact) mass is 612 g/mol. The highest BCUT2D eigenvalue weighted by Gasteiger charge is 2.41. The average molecular weight is 612 g/mol. The molecule has 0 radical (unpaired) electrons. The van der Waals surface area contributed by atoms with E-state index in [1.54, 1.807) is 4.90 Å². The average Bonchev–Trinajstić information content (AvgIpc) is 3.00. The molecule has 1 rings (SSSR count). The smallest absolute Gasteiger partial charge is 0.224 e. The van der Waals surface area contributed by atoms with Gasteiger partial charge in [0.15, 0.2) is 6.23 Å². The summed E-state index contributed by atoms with van der Waals surface area (Å²) in [7, 11) is 0. The van der Waals surface area contributed by atoms with E-state index in [2.05, 4.69) is 13.8 Å². The van der Waals surface area contributed by atoms with Gasteiger partial charge in [0.1, 0.15) is 18.3 Å². The lowest BCUT2D eigenvalue weighted by molar-refractivity contribution is -0.228. The van der Waals surface area contributed by atoms with Crippen LogP contribution in [0.25, 0.3) is 0 Å². The minimum atomic E-state index is -1.29. The first-order chi connectivity index (χ1) is 21.0. The van der Waals surface area contributed by atoms with Gasteiger partial charge in [-0.25, -0.2) is 0 Å². The van der Waals surface area contributed by atoms with Crippen LogP contribution >= 0.6 is 0 Å². The first-order valence-electron chi connectivity index (χ1n) is 19.0. The minimum absolute atomic E-state index is 0.00888. The van der Waals surface area contributed by atoms with Gasteiger partial charge in [-0.15, -0.1) is 0 Å². The number of rotatable bonds is 30. The van der Waals surface area contributed by atoms with Gasteiger partial charge in [0, 0.05) is 13.0 Å². The lowest BCUT2D eigenvalue weighted by atomic mass is 10.0. The number of aliphatic hydroxyl groups is 3. The van der Waals surface area contributed by atoms with Crippen LogP contribution in [0.4, 0.5) is 0 Å². The first kappa shape index (κ1) is 40.3. The Morgan fingerprint density at radius 1 is 0.535 bits per heavy atom. The Morgan fingerprint density at radius 2 is 0.884 bits per heavy atom. The highest BCUT2D eigenvalue weighted by atomic mass is 16.5. The van der Waals surface area contributed by atoms with Crippen molar-refractivity contribution >= 4 is 5.91 Å². The van der Waals surface area contributed by atoms with Crippen LogP contribution in [-0.4, -0.2) is 63.8 Å². The molecule has 1 aliphatic heterocycles. The summed E-state index contributed by atoms with van der Waals surface area (Å²) < 4.78 is 5.69. The van der Waals surface area contributed by atoms with Crippen LogP contribution < -0.4 is 0 Å². The van der Waals surface area contributed by atoms with Gasteiger partial charge in [-0.1, -0.05) is 174 Å². The molecule has 1 heterocycles. The van der Waals surface area contributed by atoms with E-state index in [9.17, 15) is 20.1 Å². The molecule has 1 fully saturated rings. The second kappa shape index (κ2) is 28.8. The number of amides is 1. The zero-order valence-electron chi connectivity index (χ0n) is 28.6. The molecule has 0 unspecified atom stereocenters. The van der Waals surface area contributed by atoms with Gasteiger partial charge in [-0.2, -0.15) is 0 Å². The highest BCUT2D eigenvalue weighted by Crippen LogP contribution is 2.22. The topological polar surface area (TPSA) is 90.2 Å². The van der Waals surface area contributed by atoms with Crippen molar-refractivity contribution in [2.24, 2.45) is 0 Å². The lowest BCUT2D eigenvalue weighted by Gasteiger charge is -2.41. The number of ether oxygens (including phenoxy) is 1. The summed E-state index contributed by atoms with van der Waals surface area (Å²) in [5.74, 6) is -0.00888. The van der Waals surface area contributed by atoms with Crippen molar-refractivity contribution in [1.82, 2.24) is 4.90 Å². The third-order valence-electron chi connectivity index (χ3n) is 9.35. The quantitative estimate of drug-likeness (QED) is 0.0705. The zero-order valence-corrected chi connectivity index (χ0v) is 28.6. The Balaban J connectivity index is 2.21. The summed E-state index contributed by atoms with van der Waals surface area (Å²) in [6.07, 6.45) is 30.3. The van der Waals surface area contributed by atoms with Gasteiger partial charge in [0.05, 0.1) is 6.61 Å². The molecule has 3 N–H and O–H groups in total. The van der Waals surface area contributed by atoms with Crippen LogP contribution in [-0.2, 0) is 9.53 Å². The molecule has 1 amide bonds. The third-order valence-corrected chi connectivity index (χ3v) is 9.35. The van der Waals surface area contributed by atoms with E-state index >= 15 is 0 Å². The molecule has 1 saturated heterocycles. The van der Waals surface area contributed by atoms with Gasteiger partial charge in [-0.05, 0) is 12.8 Å². The fourth-order valence-corrected chi connectivity index (χ4v) is 6.37. The fraction of sp³-hybridized carbons (Fsp3) is 0.973. The predicted octanol–water partition coefficient (Wildman–Crippen LogP) is 9.22. The van der Waals surface area contributed by atoms with E-state index < -0.39 is 24.5 Å². The largest absolute Gasteiger partial charge is 0.388 e. The summed E-state index contributed by atoms with van der Waals surface area (Å²) in [6, 6.07) is 0. The summed E-state index contributed by atoms with van der Waals surface area (Å²) in [5.41, 5.74) is 0. The molecule has 0 aromatic rings. The predicted molar refractivity (Wildman–Crippen MR) is 180 cm³/mol. The van der Waals surface area contributed by atoms with E-state index in [0.717, 1.165) is 38.5 Å². The normalized spacial score (nSPS) is 20.5. The zero-order chi connectivity index (χ0) is 31.4. The van der Waals surface area contributed by atoms with Crippen molar-refractivity contribution < 1.29 is 24.9 Å². The Labute approximate surface area is 266 Å². The highest BCUT2D eigenvalue weighted by molar-refractivity contribution is 5.76. The van der Waals surface area contributed by atoms with Crippen LogP contribution in [0.1, 0.15) is 194 Å². The third kappa shape index (κ3) is 20.9. The molecular formula is C37H73NO5. The van der Waals surface area contributed by atoms with Gasteiger partial charge >= 0.3 is 0 Å². The standard InChI is InChI=1S/C37H73NO5/c1-3-5-7-9-11-13-15-17-18-19-20-22-24-26-28-30-34(40)38(37-36(42)35(41)33(39)32-43-37)31-29-27-25-23-21-16-14-12-10-8-6-4-2/h33,35-37,39,41-42H,3-32H2,1-2H3/t33-,35-,36+,37+/m1/s1. The molecule has 6 nitrogen and oxygen atoms in total. The number of hydrogen-bond donors (Lipinski definition) is 3. The van der Waals surface area contributed by atoms with Crippen LogP contribution in [0.5, 0.6) is 0 Å². The Hall–Kier alpha value is -0.690. The fourth-order valence-electron chi connectivity index (χ4n) is 6.37. The molecule has 43 heavy (non-hydrogen) atoms. The van der Waals surface area contributed by atoms with Crippen molar-refractivity contribution in [3.05, 3.63) is 0 Å². The van der Waals surface area contributed by atoms with Crippen LogP contribution in [0.15, 0.2) is 0 Å². The lowest BCUT2D eigenvalue weighted by Crippen LogP contribution is -2.60. The van der Waals surface area contributed by atoms with Crippen molar-refractivity contribution in [3.8, 4) is 0 Å². The molecule has 0 aliphatic carbocycles. The van der Waals surface area contributed by atoms with Crippen molar-refractivity contribution in [2.75, 3.05) is 13.2 Å². The van der Waals surface area contributed by atoms with Crippen molar-refractivity contribution in [3.63, 3.8) is 0 Å². The first-order valence-corrected chi connectivity index (χ1v) is 19.0. The SMILES string of the molecule is CCCCCCCCCCCCCCCCCC(=O)N(CCCCCCCCCCCCCC)[C@H]1OC[C@@H](O)[C@@H](O)[C@@H]1O. The van der Waals surface area contributed by atoms with Gasteiger partial charge in [0.2, 0.25) is 5.91 Å². The van der Waals surface area contributed by atoms with Gasteiger partial charge in [0.25, 0.3) is 0 Å². The maximum Gasteiger partial charge on any atom is 0.224 e. The number of hydrogen-bond acceptors (Lipinski definition) is 5. The van der Waals surface area contributed by atoms with Crippen LogP contribution in [0.2, 0.25) is 0 Å². The van der Waals surface area contributed by atoms with Crippen LogP contribution in [0, 0.1) is 0 Å². The summed E-state index contributed by atoms with van der Waals surface area (Å²) in [4.78, 5) is 14.9. The van der Waals surface area contributed by atoms with Gasteiger partial charge in [-0.3, -0.25) is 4.79 Å². The Kier molecular flexibility index (Phi) is 27.0. The Bertz CT molecular complexity index is 618. The molecule has 0 aromatic heterocycles. The molecule has 0 spiro atoms. The van der Waals surface area contributed by atoms with E-state index in [1.807, 2.05) is 0 Å². The maximum atomic E-state index is 13.2. The molecule has 0 saturated carbocycles. The second-order valence-corrected chi connectivity index (χ2v) is 13.4. The number of aliphatic hydroxyl groups excluding tert-OH is 3. The summed E-state index contributed by atoms with van der Waals surface area (Å²) in [6.45, 7) is 4.99. The van der Waals surface area contributed by atoms with E-state index in [1.165, 1.54) is 135 Å². The second-order valence-electron chi connectivity index (χ2n) is 13.4. The summed E-state index contributed by atoms with van der Waals surface area (Å²) >= 11 is 0. The molecule has 4 atom stereocenters. The number of nitrogens with zero attached hydrogens (tertiary/aromatic N) is 1.